The first-order valence-corrected chi connectivity index (χ1v) is 9.61. The summed E-state index contributed by atoms with van der Waals surface area (Å²) < 4.78 is 16.6. The summed E-state index contributed by atoms with van der Waals surface area (Å²) in [5.41, 5.74) is 2.99. The predicted octanol–water partition coefficient (Wildman–Crippen LogP) is 3.66. The molecule has 0 unspecified atom stereocenters. The largest absolute Gasteiger partial charge is 0.493 e. The number of ether oxygens (including phenoxy) is 2. The Bertz CT molecular complexity index is 839. The Kier molecular flexibility index (Phi) is 4.81. The number of hydrogen-bond donors (Lipinski definition) is 0. The predicted molar refractivity (Wildman–Crippen MR) is 100 cm³/mol. The van der Waals surface area contributed by atoms with Crippen molar-refractivity contribution in [3.05, 3.63) is 40.8 Å². The van der Waals surface area contributed by atoms with Crippen molar-refractivity contribution in [3.8, 4) is 11.5 Å². The highest BCUT2D eigenvalue weighted by Gasteiger charge is 2.38. The van der Waals surface area contributed by atoms with E-state index in [-0.39, 0.29) is 17.9 Å². The van der Waals surface area contributed by atoms with E-state index in [4.69, 9.17) is 14.0 Å². The Balaban J connectivity index is 1.79. The fraction of sp³-hybridized carbons (Fsp3) is 0.524. The van der Waals surface area contributed by atoms with Crippen LogP contribution in [0.1, 0.15) is 54.3 Å². The third kappa shape index (κ3) is 3.17. The standard InChI is InChI=1S/C21H26N2O4/c1-13-10-19(27-22-13)20-16-12-18(26-3)17(25-2)11-15(16)8-9-23(20)21(24)14-6-4-5-7-14/h10-12,14,20H,4-9H2,1-3H3/t20-/m1/s1. The van der Waals surface area contributed by atoms with Crippen LogP contribution in [0.2, 0.25) is 0 Å². The van der Waals surface area contributed by atoms with Gasteiger partial charge in [0.2, 0.25) is 5.91 Å². The molecule has 0 bridgehead atoms. The van der Waals surface area contributed by atoms with Gasteiger partial charge in [0, 0.05) is 18.5 Å². The number of carbonyl (C=O) groups is 1. The van der Waals surface area contributed by atoms with E-state index >= 15 is 0 Å². The second-order valence-corrected chi connectivity index (χ2v) is 7.44. The van der Waals surface area contributed by atoms with E-state index in [2.05, 4.69) is 5.16 Å². The van der Waals surface area contributed by atoms with Crippen molar-refractivity contribution in [2.45, 2.75) is 45.1 Å². The molecule has 1 fully saturated rings. The smallest absolute Gasteiger partial charge is 0.226 e. The van der Waals surface area contributed by atoms with Crippen LogP contribution in [0.25, 0.3) is 0 Å². The van der Waals surface area contributed by atoms with E-state index < -0.39 is 0 Å². The maximum Gasteiger partial charge on any atom is 0.226 e. The summed E-state index contributed by atoms with van der Waals surface area (Å²) in [5, 5.41) is 4.06. The van der Waals surface area contributed by atoms with Gasteiger partial charge in [0.1, 0.15) is 6.04 Å². The van der Waals surface area contributed by atoms with Crippen LogP contribution < -0.4 is 9.47 Å². The molecule has 1 atom stereocenters. The average Bonchev–Trinajstić information content (AvgIpc) is 3.37. The number of aryl methyl sites for hydroxylation is 1. The van der Waals surface area contributed by atoms with E-state index in [0.717, 1.165) is 48.9 Å². The minimum atomic E-state index is -0.275. The molecular formula is C21H26N2O4. The Morgan fingerprint density at radius 1 is 1.15 bits per heavy atom. The van der Waals surface area contributed by atoms with Crippen LogP contribution in [0.4, 0.5) is 0 Å². The van der Waals surface area contributed by atoms with Gasteiger partial charge in [-0.05, 0) is 49.4 Å². The van der Waals surface area contributed by atoms with E-state index in [1.807, 2.05) is 30.0 Å². The summed E-state index contributed by atoms with van der Waals surface area (Å²) in [6.45, 7) is 2.57. The van der Waals surface area contributed by atoms with Crippen molar-refractivity contribution in [1.82, 2.24) is 10.1 Å². The summed E-state index contributed by atoms with van der Waals surface area (Å²) in [6, 6.07) is 5.64. The van der Waals surface area contributed by atoms with Gasteiger partial charge in [-0.3, -0.25) is 4.79 Å². The van der Waals surface area contributed by atoms with Crippen LogP contribution in [0.3, 0.4) is 0 Å². The van der Waals surface area contributed by atoms with E-state index in [1.165, 1.54) is 0 Å². The molecule has 2 aliphatic rings. The lowest BCUT2D eigenvalue weighted by molar-refractivity contribution is -0.137. The summed E-state index contributed by atoms with van der Waals surface area (Å²) in [4.78, 5) is 15.3. The third-order valence-corrected chi connectivity index (χ3v) is 5.78. The number of methoxy groups -OCH3 is 2. The topological polar surface area (TPSA) is 64.8 Å². The molecule has 1 aliphatic heterocycles. The molecule has 27 heavy (non-hydrogen) atoms. The SMILES string of the molecule is COc1cc2c(cc1OC)[C@H](c1cc(C)no1)N(C(=O)C1CCCC1)CC2. The molecule has 1 saturated carbocycles. The van der Waals surface area contributed by atoms with E-state index in [1.54, 1.807) is 14.2 Å². The Morgan fingerprint density at radius 2 is 1.85 bits per heavy atom. The van der Waals surface area contributed by atoms with Crippen molar-refractivity contribution >= 4 is 5.91 Å². The highest BCUT2D eigenvalue weighted by atomic mass is 16.5. The van der Waals surface area contributed by atoms with Gasteiger partial charge in [-0.1, -0.05) is 18.0 Å². The van der Waals surface area contributed by atoms with Crippen LogP contribution in [0, 0.1) is 12.8 Å². The minimum absolute atomic E-state index is 0.123. The van der Waals surface area contributed by atoms with Crippen molar-refractivity contribution in [2.24, 2.45) is 5.92 Å². The number of fused-ring (bicyclic) bond motifs is 1. The highest BCUT2D eigenvalue weighted by Crippen LogP contribution is 2.42. The van der Waals surface area contributed by atoms with Gasteiger partial charge in [-0.2, -0.15) is 0 Å². The molecule has 4 rings (SSSR count). The second kappa shape index (κ2) is 7.25. The van der Waals surface area contributed by atoms with E-state index in [9.17, 15) is 4.79 Å². The Hall–Kier alpha value is -2.50. The summed E-state index contributed by atoms with van der Waals surface area (Å²) >= 11 is 0. The van der Waals surface area contributed by atoms with Crippen molar-refractivity contribution in [2.75, 3.05) is 20.8 Å². The second-order valence-electron chi connectivity index (χ2n) is 7.44. The van der Waals surface area contributed by atoms with Crippen molar-refractivity contribution in [3.63, 3.8) is 0 Å². The molecular weight excluding hydrogens is 344 g/mol. The average molecular weight is 370 g/mol. The number of aromatic nitrogens is 1. The number of amides is 1. The summed E-state index contributed by atoms with van der Waals surface area (Å²) in [7, 11) is 3.27. The lowest BCUT2D eigenvalue weighted by atomic mass is 9.89. The van der Waals surface area contributed by atoms with Crippen LogP contribution in [-0.2, 0) is 11.2 Å². The van der Waals surface area contributed by atoms with Crippen molar-refractivity contribution < 1.29 is 18.8 Å². The molecule has 0 radical (unpaired) electrons. The lowest BCUT2D eigenvalue weighted by Gasteiger charge is -2.37. The third-order valence-electron chi connectivity index (χ3n) is 5.78. The number of nitrogens with zero attached hydrogens (tertiary/aromatic N) is 2. The lowest BCUT2D eigenvalue weighted by Crippen LogP contribution is -2.43. The van der Waals surface area contributed by atoms with Crippen LogP contribution in [-0.4, -0.2) is 36.7 Å². The number of benzene rings is 1. The zero-order valence-electron chi connectivity index (χ0n) is 16.2. The highest BCUT2D eigenvalue weighted by molar-refractivity contribution is 5.80. The van der Waals surface area contributed by atoms with Gasteiger partial charge in [-0.25, -0.2) is 0 Å². The minimum Gasteiger partial charge on any atom is -0.493 e. The normalized spacial score (nSPS) is 19.8. The molecule has 0 N–H and O–H groups in total. The van der Waals surface area contributed by atoms with Crippen molar-refractivity contribution in [1.29, 1.82) is 0 Å². The molecule has 1 amide bonds. The molecule has 6 heteroatoms. The van der Waals surface area contributed by atoms with Crippen LogP contribution in [0.15, 0.2) is 22.7 Å². The van der Waals surface area contributed by atoms with E-state index in [0.29, 0.717) is 23.8 Å². The fourth-order valence-electron chi connectivity index (χ4n) is 4.41. The van der Waals surface area contributed by atoms with Crippen LogP contribution in [0.5, 0.6) is 11.5 Å². The first-order valence-electron chi connectivity index (χ1n) is 9.61. The number of hydrogen-bond acceptors (Lipinski definition) is 5. The molecule has 0 spiro atoms. The molecule has 0 saturated heterocycles. The first kappa shape index (κ1) is 17.9. The Morgan fingerprint density at radius 3 is 2.48 bits per heavy atom. The van der Waals surface area contributed by atoms with Gasteiger partial charge in [-0.15, -0.1) is 0 Å². The summed E-state index contributed by atoms with van der Waals surface area (Å²) in [5.74, 6) is 2.42. The zero-order chi connectivity index (χ0) is 19.0. The monoisotopic (exact) mass is 370 g/mol. The zero-order valence-corrected chi connectivity index (χ0v) is 16.2. The van der Waals surface area contributed by atoms with Gasteiger partial charge >= 0.3 is 0 Å². The summed E-state index contributed by atoms with van der Waals surface area (Å²) in [6.07, 6.45) is 5.03. The molecule has 2 aromatic rings. The molecule has 2 heterocycles. The molecule has 144 valence electrons. The van der Waals surface area contributed by atoms with Gasteiger partial charge in [0.15, 0.2) is 17.3 Å². The maximum atomic E-state index is 13.3. The van der Waals surface area contributed by atoms with Gasteiger partial charge in [0.25, 0.3) is 0 Å². The quantitative estimate of drug-likeness (QED) is 0.822. The van der Waals surface area contributed by atoms with Gasteiger partial charge in [0.05, 0.1) is 19.9 Å². The molecule has 1 aromatic carbocycles. The number of carbonyl (C=O) groups excluding carboxylic acids is 1. The number of rotatable bonds is 4. The maximum absolute atomic E-state index is 13.3. The molecule has 1 aromatic heterocycles. The molecule has 1 aliphatic carbocycles. The fourth-order valence-corrected chi connectivity index (χ4v) is 4.41. The van der Waals surface area contributed by atoms with Crippen LogP contribution >= 0.6 is 0 Å². The Labute approximate surface area is 159 Å². The van der Waals surface area contributed by atoms with Gasteiger partial charge < -0.3 is 18.9 Å². The first-order chi connectivity index (χ1) is 13.1. The molecule has 6 nitrogen and oxygen atoms in total.